The summed E-state index contributed by atoms with van der Waals surface area (Å²) < 4.78 is 40.5. The molecule has 1 N–H and O–H groups in total. The van der Waals surface area contributed by atoms with Gasteiger partial charge in [0.25, 0.3) is 0 Å². The van der Waals surface area contributed by atoms with Crippen LogP contribution in [0.15, 0.2) is 60.7 Å². The minimum Gasteiger partial charge on any atom is -0.508 e. The smallest absolute Gasteiger partial charge is 0.150 e. The molecule has 2 aliphatic heterocycles. The Hall–Kier alpha value is -3.38. The molecule has 0 spiro atoms. The third-order valence-corrected chi connectivity index (χ3v) is 6.92. The normalized spacial score (nSPS) is 18.1. The second kappa shape index (κ2) is 9.70. The van der Waals surface area contributed by atoms with E-state index in [1.54, 1.807) is 18.2 Å². The molecule has 4 nitrogen and oxygen atoms in total. The van der Waals surface area contributed by atoms with Crippen LogP contribution < -0.4 is 9.47 Å². The minimum atomic E-state index is -0.656. The molecule has 0 aromatic heterocycles. The second-order valence-corrected chi connectivity index (χ2v) is 9.33. The highest BCUT2D eigenvalue weighted by Gasteiger charge is 2.30. The summed E-state index contributed by atoms with van der Waals surface area (Å²) in [6.45, 7) is 7.93. The summed E-state index contributed by atoms with van der Waals surface area (Å²) in [5.41, 5.74) is 3.37. The first-order valence-electron chi connectivity index (χ1n) is 12.0. The molecule has 1 fully saturated rings. The van der Waals surface area contributed by atoms with E-state index in [-0.39, 0.29) is 5.75 Å². The van der Waals surface area contributed by atoms with Gasteiger partial charge in [0.15, 0.2) is 0 Å². The van der Waals surface area contributed by atoms with Gasteiger partial charge in [-0.3, -0.25) is 4.90 Å². The lowest BCUT2D eigenvalue weighted by molar-refractivity contribution is 0.0806. The van der Waals surface area contributed by atoms with Crippen LogP contribution in [0.25, 0.3) is 11.1 Å². The number of fused-ring (bicyclic) bond motifs is 1. The van der Waals surface area contributed by atoms with Crippen molar-refractivity contribution < 1.29 is 23.4 Å². The van der Waals surface area contributed by atoms with Crippen molar-refractivity contribution in [2.75, 3.05) is 26.2 Å². The van der Waals surface area contributed by atoms with E-state index in [9.17, 15) is 13.9 Å². The second-order valence-electron chi connectivity index (χ2n) is 9.33. The quantitative estimate of drug-likeness (QED) is 0.424. The van der Waals surface area contributed by atoms with Crippen molar-refractivity contribution in [3.63, 3.8) is 0 Å². The van der Waals surface area contributed by atoms with Gasteiger partial charge in [0.1, 0.15) is 41.6 Å². The molecule has 1 atom stereocenters. The highest BCUT2D eigenvalue weighted by molar-refractivity contribution is 5.95. The SMILES string of the molecule is CCC1CN(CCOc2ccc([C@H]3Oc4ccc(O)cc4C(C)=C3c3cc(F)cc(F)c3)cc2)C1. The van der Waals surface area contributed by atoms with Gasteiger partial charge in [-0.25, -0.2) is 8.78 Å². The Morgan fingerprint density at radius 2 is 1.71 bits per heavy atom. The van der Waals surface area contributed by atoms with Crippen molar-refractivity contribution >= 4 is 11.1 Å². The van der Waals surface area contributed by atoms with Crippen LogP contribution in [0, 0.1) is 17.6 Å². The number of halogens is 2. The van der Waals surface area contributed by atoms with Crippen LogP contribution in [0.5, 0.6) is 17.2 Å². The molecule has 0 aliphatic carbocycles. The van der Waals surface area contributed by atoms with E-state index in [0.717, 1.165) is 48.5 Å². The number of benzene rings is 3. The summed E-state index contributed by atoms with van der Waals surface area (Å²) in [6, 6.07) is 16.0. The Morgan fingerprint density at radius 3 is 2.40 bits per heavy atom. The third kappa shape index (κ3) is 4.89. The maximum atomic E-state index is 14.1. The van der Waals surface area contributed by atoms with Crippen LogP contribution in [0.1, 0.15) is 43.1 Å². The van der Waals surface area contributed by atoms with Crippen LogP contribution in [0.4, 0.5) is 8.78 Å². The first-order valence-corrected chi connectivity index (χ1v) is 12.0. The molecular formula is C29H29F2NO3. The lowest BCUT2D eigenvalue weighted by atomic mass is 9.86. The molecule has 0 radical (unpaired) electrons. The van der Waals surface area contributed by atoms with Gasteiger partial charge in [-0.15, -0.1) is 0 Å². The molecule has 6 heteroatoms. The van der Waals surface area contributed by atoms with E-state index in [4.69, 9.17) is 9.47 Å². The molecular weight excluding hydrogens is 448 g/mol. The largest absolute Gasteiger partial charge is 0.508 e. The molecule has 0 amide bonds. The third-order valence-electron chi connectivity index (χ3n) is 6.92. The molecule has 182 valence electrons. The van der Waals surface area contributed by atoms with Crippen molar-refractivity contribution in [2.24, 2.45) is 5.92 Å². The maximum absolute atomic E-state index is 14.1. The predicted octanol–water partition coefficient (Wildman–Crippen LogP) is 6.46. The molecule has 0 bridgehead atoms. The lowest BCUT2D eigenvalue weighted by Gasteiger charge is -2.38. The molecule has 0 unspecified atom stereocenters. The van der Waals surface area contributed by atoms with Gasteiger partial charge in [-0.1, -0.05) is 25.5 Å². The summed E-state index contributed by atoms with van der Waals surface area (Å²) >= 11 is 0. The number of hydrogen-bond donors (Lipinski definition) is 1. The molecule has 2 heterocycles. The van der Waals surface area contributed by atoms with E-state index >= 15 is 0 Å². The lowest BCUT2D eigenvalue weighted by Crippen LogP contribution is -2.47. The summed E-state index contributed by atoms with van der Waals surface area (Å²) in [4.78, 5) is 2.39. The molecule has 3 aromatic rings. The number of phenolic OH excluding ortho intramolecular Hbond substituents is 1. The zero-order chi connectivity index (χ0) is 24.5. The number of phenols is 1. The fourth-order valence-electron chi connectivity index (χ4n) is 4.90. The molecule has 0 saturated carbocycles. The van der Waals surface area contributed by atoms with Gasteiger partial charge < -0.3 is 14.6 Å². The van der Waals surface area contributed by atoms with E-state index in [2.05, 4.69) is 11.8 Å². The van der Waals surface area contributed by atoms with Crippen LogP contribution in [-0.2, 0) is 0 Å². The van der Waals surface area contributed by atoms with Gasteiger partial charge in [0.2, 0.25) is 0 Å². The van der Waals surface area contributed by atoms with E-state index in [0.29, 0.717) is 29.1 Å². The number of nitrogens with zero attached hydrogens (tertiary/aromatic N) is 1. The van der Waals surface area contributed by atoms with Crippen molar-refractivity contribution in [3.05, 3.63) is 89.0 Å². The molecule has 2 aliphatic rings. The first-order chi connectivity index (χ1) is 16.9. The summed E-state index contributed by atoms with van der Waals surface area (Å²) in [7, 11) is 0. The summed E-state index contributed by atoms with van der Waals surface area (Å²) in [5.74, 6) is 0.970. The fourth-order valence-corrected chi connectivity index (χ4v) is 4.90. The zero-order valence-electron chi connectivity index (χ0n) is 19.9. The van der Waals surface area contributed by atoms with Gasteiger partial charge >= 0.3 is 0 Å². The summed E-state index contributed by atoms with van der Waals surface area (Å²) in [5, 5.41) is 10.00. The number of rotatable bonds is 7. The maximum Gasteiger partial charge on any atom is 0.150 e. The van der Waals surface area contributed by atoms with Crippen LogP contribution >= 0.6 is 0 Å². The van der Waals surface area contributed by atoms with E-state index in [1.165, 1.54) is 18.6 Å². The highest BCUT2D eigenvalue weighted by Crippen LogP contribution is 2.47. The van der Waals surface area contributed by atoms with Crippen LogP contribution in [0.2, 0.25) is 0 Å². The first kappa shape index (κ1) is 23.4. The molecule has 35 heavy (non-hydrogen) atoms. The number of likely N-dealkylation sites (tertiary alicyclic amines) is 1. The molecule has 1 saturated heterocycles. The van der Waals surface area contributed by atoms with E-state index < -0.39 is 17.7 Å². The number of ether oxygens (including phenoxy) is 2. The number of allylic oxidation sites excluding steroid dienone is 1. The number of hydrogen-bond acceptors (Lipinski definition) is 4. The molecule has 3 aromatic carbocycles. The Balaban J connectivity index is 1.40. The highest BCUT2D eigenvalue weighted by atomic mass is 19.1. The van der Waals surface area contributed by atoms with Crippen molar-refractivity contribution in [1.82, 2.24) is 4.90 Å². The minimum absolute atomic E-state index is 0.0971. The number of aromatic hydroxyl groups is 1. The van der Waals surface area contributed by atoms with Gasteiger partial charge in [0, 0.05) is 36.8 Å². The molecule has 5 rings (SSSR count). The van der Waals surface area contributed by atoms with Crippen molar-refractivity contribution in [1.29, 1.82) is 0 Å². The van der Waals surface area contributed by atoms with Crippen LogP contribution in [-0.4, -0.2) is 36.2 Å². The fraction of sp³-hybridized carbons (Fsp3) is 0.310. The Kier molecular flexibility index (Phi) is 6.48. The Bertz CT molecular complexity index is 1230. The zero-order valence-corrected chi connectivity index (χ0v) is 19.9. The van der Waals surface area contributed by atoms with Gasteiger partial charge in [-0.2, -0.15) is 0 Å². The van der Waals surface area contributed by atoms with Gasteiger partial charge in [-0.05, 0) is 72.0 Å². The average Bonchev–Trinajstić information content (AvgIpc) is 2.80. The van der Waals surface area contributed by atoms with Gasteiger partial charge in [0.05, 0.1) is 0 Å². The Labute approximate surface area is 204 Å². The van der Waals surface area contributed by atoms with E-state index in [1.807, 2.05) is 31.2 Å². The Morgan fingerprint density at radius 1 is 1.00 bits per heavy atom. The van der Waals surface area contributed by atoms with Crippen LogP contribution in [0.3, 0.4) is 0 Å². The summed E-state index contributed by atoms with van der Waals surface area (Å²) in [6.07, 6.45) is 0.653. The van der Waals surface area contributed by atoms with Crippen molar-refractivity contribution in [2.45, 2.75) is 26.4 Å². The van der Waals surface area contributed by atoms with Crippen molar-refractivity contribution in [3.8, 4) is 17.2 Å². The average molecular weight is 478 g/mol. The monoisotopic (exact) mass is 477 g/mol. The standard InChI is InChI=1S/C29H29F2NO3/c1-3-19-16-32(17-19)10-11-34-25-7-4-20(5-8-25)29-28(21-12-22(30)14-23(31)13-21)18(2)26-15-24(33)6-9-27(26)35-29/h4-9,12-15,19,29,33H,3,10-11,16-17H2,1-2H3/t29-/m1/s1. The predicted molar refractivity (Wildman–Crippen MR) is 132 cm³/mol. The topological polar surface area (TPSA) is 41.9 Å².